The van der Waals surface area contributed by atoms with Crippen molar-refractivity contribution in [1.29, 1.82) is 0 Å². The second kappa shape index (κ2) is 8.76. The standard InChI is InChI=1S/C21H21N5O4S/c1-3-30-15-9-7-14(8-10-15)26-20(28)18-19(21(26)29)25(24-23-18)12-17(27)22-13-5-4-6-16(11-13)31-2/h4-11,18-19H,3,12H2,1-2H3,(H,22,27)/t18-,19+/m0/s1. The van der Waals surface area contributed by atoms with Crippen LogP contribution in [0.3, 0.4) is 0 Å². The third kappa shape index (κ3) is 4.11. The van der Waals surface area contributed by atoms with Crippen molar-refractivity contribution in [2.24, 2.45) is 10.3 Å². The summed E-state index contributed by atoms with van der Waals surface area (Å²) in [5.41, 5.74) is 1.08. The molecule has 0 aromatic heterocycles. The Hall–Kier alpha value is -3.40. The fraction of sp³-hybridized carbons (Fsp3) is 0.286. The molecule has 3 amide bonds. The fourth-order valence-corrected chi connectivity index (χ4v) is 3.97. The number of ether oxygens (including phenoxy) is 1. The van der Waals surface area contributed by atoms with E-state index in [2.05, 4.69) is 15.7 Å². The van der Waals surface area contributed by atoms with E-state index in [4.69, 9.17) is 4.74 Å². The van der Waals surface area contributed by atoms with Gasteiger partial charge in [0.25, 0.3) is 11.8 Å². The van der Waals surface area contributed by atoms with E-state index in [-0.39, 0.29) is 12.5 Å². The van der Waals surface area contributed by atoms with E-state index in [0.717, 1.165) is 9.80 Å². The number of anilines is 2. The van der Waals surface area contributed by atoms with Gasteiger partial charge in [-0.25, -0.2) is 4.90 Å². The molecule has 10 heteroatoms. The summed E-state index contributed by atoms with van der Waals surface area (Å²) < 4.78 is 5.40. The molecule has 31 heavy (non-hydrogen) atoms. The molecule has 0 spiro atoms. The lowest BCUT2D eigenvalue weighted by Crippen LogP contribution is -2.43. The molecule has 2 aromatic rings. The summed E-state index contributed by atoms with van der Waals surface area (Å²) in [6, 6.07) is 12.2. The Morgan fingerprint density at radius 1 is 1.16 bits per heavy atom. The van der Waals surface area contributed by atoms with E-state index in [0.29, 0.717) is 23.7 Å². The lowest BCUT2D eigenvalue weighted by Gasteiger charge is -2.20. The molecule has 2 aliphatic rings. The van der Waals surface area contributed by atoms with Crippen molar-refractivity contribution in [3.63, 3.8) is 0 Å². The minimum atomic E-state index is -0.952. The highest BCUT2D eigenvalue weighted by Gasteiger charge is 2.55. The van der Waals surface area contributed by atoms with Crippen molar-refractivity contribution in [3.8, 4) is 5.75 Å². The molecule has 0 saturated carbocycles. The van der Waals surface area contributed by atoms with Crippen LogP contribution in [0.2, 0.25) is 0 Å². The lowest BCUT2D eigenvalue weighted by molar-refractivity contribution is -0.123. The molecule has 9 nitrogen and oxygen atoms in total. The number of rotatable bonds is 7. The van der Waals surface area contributed by atoms with Gasteiger partial charge in [0.2, 0.25) is 5.91 Å². The number of amides is 3. The Morgan fingerprint density at radius 2 is 1.94 bits per heavy atom. The van der Waals surface area contributed by atoms with Crippen LogP contribution < -0.4 is 15.0 Å². The Balaban J connectivity index is 1.45. The molecule has 1 saturated heterocycles. The topological polar surface area (TPSA) is 104 Å². The van der Waals surface area contributed by atoms with Gasteiger partial charge >= 0.3 is 0 Å². The summed E-state index contributed by atoms with van der Waals surface area (Å²) in [4.78, 5) is 40.4. The van der Waals surface area contributed by atoms with Gasteiger partial charge in [-0.3, -0.25) is 19.4 Å². The number of nitrogens with one attached hydrogen (secondary N) is 1. The van der Waals surface area contributed by atoms with Gasteiger partial charge in [-0.15, -0.1) is 11.8 Å². The highest BCUT2D eigenvalue weighted by Crippen LogP contribution is 2.32. The average Bonchev–Trinajstić information content (AvgIpc) is 3.28. The number of benzene rings is 2. The minimum Gasteiger partial charge on any atom is -0.494 e. The largest absolute Gasteiger partial charge is 0.494 e. The number of carbonyl (C=O) groups excluding carboxylic acids is 3. The predicted molar refractivity (Wildman–Crippen MR) is 116 cm³/mol. The van der Waals surface area contributed by atoms with Crippen LogP contribution in [0.5, 0.6) is 5.75 Å². The van der Waals surface area contributed by atoms with Gasteiger partial charge in [-0.2, -0.15) is 5.11 Å². The second-order valence-electron chi connectivity index (χ2n) is 6.91. The van der Waals surface area contributed by atoms with Crippen molar-refractivity contribution in [1.82, 2.24) is 5.01 Å². The number of hydrogen-bond acceptors (Lipinski definition) is 8. The molecule has 1 fully saturated rings. The average molecular weight is 439 g/mol. The first-order chi connectivity index (χ1) is 15.0. The van der Waals surface area contributed by atoms with Gasteiger partial charge < -0.3 is 10.1 Å². The Bertz CT molecular complexity index is 1040. The van der Waals surface area contributed by atoms with Crippen molar-refractivity contribution < 1.29 is 19.1 Å². The van der Waals surface area contributed by atoms with Crippen molar-refractivity contribution in [3.05, 3.63) is 48.5 Å². The molecule has 0 radical (unpaired) electrons. The molecule has 4 rings (SSSR count). The maximum absolute atomic E-state index is 13.0. The molecule has 0 bridgehead atoms. The fourth-order valence-electron chi connectivity index (χ4n) is 3.51. The summed E-state index contributed by atoms with van der Waals surface area (Å²) in [6.45, 7) is 2.20. The molecule has 2 atom stereocenters. The van der Waals surface area contributed by atoms with Crippen molar-refractivity contribution >= 4 is 40.9 Å². The molecule has 2 aromatic carbocycles. The third-order valence-electron chi connectivity index (χ3n) is 4.92. The van der Waals surface area contributed by atoms with E-state index < -0.39 is 23.9 Å². The van der Waals surface area contributed by atoms with Gasteiger partial charge in [0.05, 0.1) is 12.3 Å². The summed E-state index contributed by atoms with van der Waals surface area (Å²) in [5.74, 6) is -0.619. The zero-order valence-corrected chi connectivity index (χ0v) is 17.8. The number of imide groups is 1. The van der Waals surface area contributed by atoms with Gasteiger partial charge in [-0.05, 0) is 55.6 Å². The Morgan fingerprint density at radius 3 is 2.65 bits per heavy atom. The van der Waals surface area contributed by atoms with Crippen LogP contribution >= 0.6 is 11.8 Å². The smallest absolute Gasteiger partial charge is 0.263 e. The Kier molecular flexibility index (Phi) is 5.90. The van der Waals surface area contributed by atoms with Crippen molar-refractivity contribution in [2.45, 2.75) is 23.9 Å². The van der Waals surface area contributed by atoms with Crippen LogP contribution in [0.1, 0.15) is 6.92 Å². The van der Waals surface area contributed by atoms with E-state index in [1.165, 1.54) is 5.01 Å². The van der Waals surface area contributed by atoms with Gasteiger partial charge in [-0.1, -0.05) is 11.3 Å². The Labute approximate surface area is 183 Å². The third-order valence-corrected chi connectivity index (χ3v) is 5.65. The van der Waals surface area contributed by atoms with Crippen LogP contribution in [0.4, 0.5) is 11.4 Å². The van der Waals surface area contributed by atoms with Crippen LogP contribution in [0.15, 0.2) is 63.8 Å². The monoisotopic (exact) mass is 439 g/mol. The highest BCUT2D eigenvalue weighted by atomic mass is 32.2. The summed E-state index contributed by atoms with van der Waals surface area (Å²) in [6.07, 6.45) is 1.95. The molecular formula is C21H21N5O4S. The zero-order chi connectivity index (χ0) is 22.0. The van der Waals surface area contributed by atoms with E-state index in [9.17, 15) is 14.4 Å². The molecule has 2 heterocycles. The number of fused-ring (bicyclic) bond motifs is 1. The summed E-state index contributed by atoms with van der Waals surface area (Å²) in [7, 11) is 0. The normalized spacial score (nSPS) is 19.7. The first kappa shape index (κ1) is 20.9. The maximum Gasteiger partial charge on any atom is 0.263 e. The maximum atomic E-state index is 13.0. The van der Waals surface area contributed by atoms with Crippen LogP contribution in [-0.2, 0) is 14.4 Å². The molecule has 2 aliphatic heterocycles. The molecule has 0 aliphatic carbocycles. The minimum absolute atomic E-state index is 0.190. The molecular weight excluding hydrogens is 418 g/mol. The number of thioether (sulfide) groups is 1. The van der Waals surface area contributed by atoms with E-state index >= 15 is 0 Å². The van der Waals surface area contributed by atoms with E-state index in [1.54, 1.807) is 42.1 Å². The first-order valence-electron chi connectivity index (χ1n) is 9.74. The van der Waals surface area contributed by atoms with Crippen LogP contribution in [-0.4, -0.2) is 54.2 Å². The first-order valence-corrected chi connectivity index (χ1v) is 11.0. The zero-order valence-electron chi connectivity index (χ0n) is 17.0. The SMILES string of the molecule is CCOc1ccc(N2C(=O)[C@H]3N=NN(CC(=O)Nc4cccc(SC)c4)[C@H]3C2=O)cc1. The van der Waals surface area contributed by atoms with Gasteiger partial charge in [0, 0.05) is 10.6 Å². The second-order valence-corrected chi connectivity index (χ2v) is 7.79. The van der Waals surface area contributed by atoms with Gasteiger partial charge in [0.15, 0.2) is 12.1 Å². The summed E-state index contributed by atoms with van der Waals surface area (Å²) >= 11 is 1.57. The number of nitrogens with zero attached hydrogens (tertiary/aromatic N) is 4. The van der Waals surface area contributed by atoms with Crippen LogP contribution in [0.25, 0.3) is 0 Å². The van der Waals surface area contributed by atoms with Gasteiger partial charge in [0.1, 0.15) is 12.3 Å². The number of carbonyl (C=O) groups is 3. The van der Waals surface area contributed by atoms with E-state index in [1.807, 2.05) is 31.4 Å². The number of hydrogen-bond donors (Lipinski definition) is 1. The quantitative estimate of drug-likeness (QED) is 0.526. The molecule has 0 unspecified atom stereocenters. The highest BCUT2D eigenvalue weighted by molar-refractivity contribution is 7.98. The molecule has 1 N–H and O–H groups in total. The predicted octanol–water partition coefficient (Wildman–Crippen LogP) is 2.74. The molecule has 160 valence electrons. The lowest BCUT2D eigenvalue weighted by atomic mass is 10.1. The van der Waals surface area contributed by atoms with Crippen molar-refractivity contribution in [2.75, 3.05) is 29.6 Å². The van der Waals surface area contributed by atoms with Crippen LogP contribution in [0, 0.1) is 0 Å². The summed E-state index contributed by atoms with van der Waals surface area (Å²) in [5, 5.41) is 11.9.